The minimum atomic E-state index is -0.299. The highest BCUT2D eigenvalue weighted by atomic mass is 35.5. The number of carbonyl (C=O) groups is 1. The number of carbonyl (C=O) groups excluding carboxylic acids is 1. The van der Waals surface area contributed by atoms with Crippen molar-refractivity contribution < 1.29 is 9.53 Å². The molecule has 0 spiro atoms. The van der Waals surface area contributed by atoms with Crippen molar-refractivity contribution >= 4 is 17.6 Å². The zero-order valence-corrected chi connectivity index (χ0v) is 8.34. The van der Waals surface area contributed by atoms with Crippen LogP contribution in [0.4, 0.5) is 0 Å². The third-order valence-corrected chi connectivity index (χ3v) is 2.03. The normalized spacial score (nSPS) is 12.2. The van der Waals surface area contributed by atoms with Gasteiger partial charge in [-0.25, -0.2) is 0 Å². The van der Waals surface area contributed by atoms with Crippen LogP contribution in [-0.2, 0) is 9.53 Å². The fraction of sp³-hybridized carbons (Fsp3) is 0.300. The van der Waals surface area contributed by atoms with Crippen LogP contribution in [0.25, 0.3) is 0 Å². The summed E-state index contributed by atoms with van der Waals surface area (Å²) in [4.78, 5) is 10.7. The van der Waals surface area contributed by atoms with Crippen molar-refractivity contribution in [1.29, 1.82) is 0 Å². The largest absolute Gasteiger partial charge is 0.458 e. The lowest BCUT2D eigenvalue weighted by atomic mass is 10.1. The molecule has 0 bridgehead atoms. The number of halogens is 1. The summed E-state index contributed by atoms with van der Waals surface area (Å²) in [6, 6.07) is 7.32. The lowest BCUT2D eigenvalue weighted by molar-refractivity contribution is -0.145. The maximum Gasteiger partial charge on any atom is 0.303 e. The summed E-state index contributed by atoms with van der Waals surface area (Å²) in [5.74, 6) is -0.299. The van der Waals surface area contributed by atoms with Gasteiger partial charge >= 0.3 is 5.97 Å². The molecule has 0 aliphatic rings. The van der Waals surface area contributed by atoms with Crippen LogP contribution in [0, 0.1) is 0 Å². The van der Waals surface area contributed by atoms with Crippen molar-refractivity contribution in [3.05, 3.63) is 34.9 Å². The van der Waals surface area contributed by atoms with E-state index in [2.05, 4.69) is 0 Å². The van der Waals surface area contributed by atoms with Crippen molar-refractivity contribution in [3.63, 3.8) is 0 Å². The van der Waals surface area contributed by atoms with E-state index >= 15 is 0 Å². The van der Waals surface area contributed by atoms with Gasteiger partial charge in [0.25, 0.3) is 0 Å². The molecule has 0 radical (unpaired) electrons. The molecule has 13 heavy (non-hydrogen) atoms. The summed E-state index contributed by atoms with van der Waals surface area (Å²) in [7, 11) is 0. The van der Waals surface area contributed by atoms with Crippen molar-refractivity contribution in [1.82, 2.24) is 0 Å². The third kappa shape index (κ3) is 2.74. The zero-order valence-electron chi connectivity index (χ0n) is 7.58. The van der Waals surface area contributed by atoms with Gasteiger partial charge in [-0.05, 0) is 13.0 Å². The van der Waals surface area contributed by atoms with Crippen molar-refractivity contribution in [2.24, 2.45) is 0 Å². The predicted molar refractivity (Wildman–Crippen MR) is 51.6 cm³/mol. The first-order valence-corrected chi connectivity index (χ1v) is 4.40. The van der Waals surface area contributed by atoms with Crippen LogP contribution in [0.15, 0.2) is 24.3 Å². The van der Waals surface area contributed by atoms with E-state index in [9.17, 15) is 4.79 Å². The van der Waals surface area contributed by atoms with Gasteiger partial charge in [-0.15, -0.1) is 0 Å². The lowest BCUT2D eigenvalue weighted by Gasteiger charge is -2.12. The smallest absolute Gasteiger partial charge is 0.303 e. The predicted octanol–water partition coefficient (Wildman–Crippen LogP) is 2.96. The zero-order chi connectivity index (χ0) is 9.84. The fourth-order valence-corrected chi connectivity index (χ4v) is 1.41. The molecule has 0 amide bonds. The molecule has 2 nitrogen and oxygen atoms in total. The summed E-state index contributed by atoms with van der Waals surface area (Å²) in [5, 5.41) is 0.622. The van der Waals surface area contributed by atoms with E-state index in [0.717, 1.165) is 5.56 Å². The van der Waals surface area contributed by atoms with Crippen LogP contribution in [0.3, 0.4) is 0 Å². The Hall–Kier alpha value is -1.02. The molecule has 0 aliphatic heterocycles. The first-order valence-electron chi connectivity index (χ1n) is 4.03. The number of benzene rings is 1. The molecule has 1 aromatic rings. The lowest BCUT2D eigenvalue weighted by Crippen LogP contribution is -2.04. The van der Waals surface area contributed by atoms with Crippen molar-refractivity contribution in [3.8, 4) is 0 Å². The molecule has 1 atom stereocenters. The summed E-state index contributed by atoms with van der Waals surface area (Å²) in [6.07, 6.45) is -0.286. The second kappa shape index (κ2) is 4.28. The number of rotatable bonds is 2. The van der Waals surface area contributed by atoms with Gasteiger partial charge in [0.15, 0.2) is 0 Å². The van der Waals surface area contributed by atoms with Gasteiger partial charge in [-0.2, -0.15) is 0 Å². The van der Waals surface area contributed by atoms with E-state index in [1.807, 2.05) is 18.2 Å². The summed E-state index contributed by atoms with van der Waals surface area (Å²) < 4.78 is 4.99. The number of hydrogen-bond donors (Lipinski definition) is 0. The van der Waals surface area contributed by atoms with Gasteiger partial charge in [0.2, 0.25) is 0 Å². The Bertz CT molecular complexity index is 310. The van der Waals surface area contributed by atoms with Crippen LogP contribution >= 0.6 is 11.6 Å². The second-order valence-corrected chi connectivity index (χ2v) is 3.18. The van der Waals surface area contributed by atoms with Crippen LogP contribution in [-0.4, -0.2) is 5.97 Å². The molecule has 0 heterocycles. The van der Waals surface area contributed by atoms with Gasteiger partial charge in [0.05, 0.1) is 0 Å². The van der Waals surface area contributed by atoms with Gasteiger partial charge in [0.1, 0.15) is 6.10 Å². The average Bonchev–Trinajstić information content (AvgIpc) is 2.03. The van der Waals surface area contributed by atoms with Gasteiger partial charge in [-0.3, -0.25) is 4.79 Å². The minimum absolute atomic E-state index is 0.286. The van der Waals surface area contributed by atoms with Crippen molar-refractivity contribution in [2.45, 2.75) is 20.0 Å². The van der Waals surface area contributed by atoms with E-state index in [1.165, 1.54) is 6.92 Å². The highest BCUT2D eigenvalue weighted by Gasteiger charge is 2.10. The Morgan fingerprint density at radius 1 is 1.46 bits per heavy atom. The van der Waals surface area contributed by atoms with Crippen molar-refractivity contribution in [2.75, 3.05) is 0 Å². The molecule has 1 aromatic carbocycles. The van der Waals surface area contributed by atoms with Gasteiger partial charge < -0.3 is 4.74 Å². The number of hydrogen-bond acceptors (Lipinski definition) is 2. The highest BCUT2D eigenvalue weighted by Crippen LogP contribution is 2.24. The molecule has 70 valence electrons. The molecule has 3 heteroatoms. The van der Waals surface area contributed by atoms with Gasteiger partial charge in [-0.1, -0.05) is 29.8 Å². The molecular weight excluding hydrogens is 188 g/mol. The SMILES string of the molecule is CC(=O)O[C@H](C)c1ccccc1Cl. The van der Waals surface area contributed by atoms with Crippen LogP contribution in [0.2, 0.25) is 5.02 Å². The average molecular weight is 199 g/mol. The van der Waals surface area contributed by atoms with Crippen LogP contribution in [0.5, 0.6) is 0 Å². The molecule has 0 aliphatic carbocycles. The van der Waals surface area contributed by atoms with Crippen LogP contribution in [0.1, 0.15) is 25.5 Å². The molecule has 0 saturated carbocycles. The quantitative estimate of drug-likeness (QED) is 0.683. The Morgan fingerprint density at radius 3 is 2.62 bits per heavy atom. The first kappa shape index (κ1) is 10.1. The topological polar surface area (TPSA) is 26.3 Å². The summed E-state index contributed by atoms with van der Waals surface area (Å²) in [5.41, 5.74) is 0.833. The second-order valence-electron chi connectivity index (χ2n) is 2.77. The molecule has 0 fully saturated rings. The molecule has 0 aromatic heterocycles. The summed E-state index contributed by atoms with van der Waals surface area (Å²) >= 11 is 5.91. The van der Waals surface area contributed by atoms with Gasteiger partial charge in [0, 0.05) is 17.5 Å². The fourth-order valence-electron chi connectivity index (χ4n) is 1.12. The minimum Gasteiger partial charge on any atom is -0.458 e. The molecule has 1 rings (SSSR count). The Morgan fingerprint density at radius 2 is 2.08 bits per heavy atom. The monoisotopic (exact) mass is 198 g/mol. The third-order valence-electron chi connectivity index (χ3n) is 1.69. The Labute approximate surface area is 82.5 Å². The molecule has 0 N–H and O–H groups in total. The van der Waals surface area contributed by atoms with Crippen LogP contribution < -0.4 is 0 Å². The molecule has 0 saturated heterocycles. The standard InChI is InChI=1S/C10H11ClO2/c1-7(13-8(2)12)9-5-3-4-6-10(9)11/h3-7H,1-2H3/t7-/m1/s1. The molecular formula is C10H11ClO2. The first-order chi connectivity index (χ1) is 6.11. The van der Waals surface area contributed by atoms with E-state index in [0.29, 0.717) is 5.02 Å². The highest BCUT2D eigenvalue weighted by molar-refractivity contribution is 6.31. The Kier molecular flexibility index (Phi) is 3.32. The number of ether oxygens (including phenoxy) is 1. The van der Waals surface area contributed by atoms with E-state index in [-0.39, 0.29) is 12.1 Å². The number of esters is 1. The Balaban J connectivity index is 2.82. The molecule has 0 unspecified atom stereocenters. The summed E-state index contributed by atoms with van der Waals surface area (Å²) in [6.45, 7) is 3.18. The maximum atomic E-state index is 10.7. The maximum absolute atomic E-state index is 10.7. The van der Waals surface area contributed by atoms with E-state index < -0.39 is 0 Å². The van der Waals surface area contributed by atoms with E-state index in [1.54, 1.807) is 13.0 Å². The van der Waals surface area contributed by atoms with E-state index in [4.69, 9.17) is 16.3 Å².